The standard InChI is InChI=1S/C25H16O2/c1-27-20-13-11-14-10-12-19(26)24-21(14)25(20)23-18-9-5-3-7-16(18)15-6-2-4-8-17(15)22(23)24/h2-13,26H,1H3. The Bertz CT molecular complexity index is 1410. The molecule has 0 radical (unpaired) electrons. The summed E-state index contributed by atoms with van der Waals surface area (Å²) in [6.45, 7) is 0. The molecule has 0 saturated carbocycles. The first kappa shape index (κ1) is 14.6. The van der Waals surface area contributed by atoms with Crippen LogP contribution in [0.25, 0.3) is 54.6 Å². The Hall–Kier alpha value is -3.52. The number of methoxy groups -OCH3 is 1. The van der Waals surface area contributed by atoms with Gasteiger partial charge in [-0.05, 0) is 39.1 Å². The number of phenolic OH excluding ortho intramolecular Hbond substituents is 1. The van der Waals surface area contributed by atoms with E-state index in [1.54, 1.807) is 13.2 Å². The predicted molar refractivity (Wildman–Crippen MR) is 112 cm³/mol. The summed E-state index contributed by atoms with van der Waals surface area (Å²) >= 11 is 0. The van der Waals surface area contributed by atoms with E-state index in [9.17, 15) is 5.11 Å². The minimum atomic E-state index is 0.316. The third-order valence-corrected chi connectivity index (χ3v) is 5.78. The van der Waals surface area contributed by atoms with Gasteiger partial charge in [-0.3, -0.25) is 0 Å². The number of rotatable bonds is 1. The second-order valence-electron chi connectivity index (χ2n) is 7.04. The molecule has 0 bridgehead atoms. The molecule has 0 saturated heterocycles. The Balaban J connectivity index is 2.00. The minimum absolute atomic E-state index is 0.316. The van der Waals surface area contributed by atoms with Gasteiger partial charge in [-0.15, -0.1) is 0 Å². The number of phenols is 1. The SMILES string of the molecule is COc1ccc2ccc(O)c3c2c1-c1c-3c2ccccc2c2ccccc12. The fourth-order valence-electron chi connectivity index (χ4n) is 4.72. The summed E-state index contributed by atoms with van der Waals surface area (Å²) in [5, 5.41) is 17.8. The topological polar surface area (TPSA) is 29.5 Å². The average molecular weight is 348 g/mol. The van der Waals surface area contributed by atoms with Gasteiger partial charge in [0.05, 0.1) is 7.11 Å². The van der Waals surface area contributed by atoms with Crippen LogP contribution in [0.5, 0.6) is 11.5 Å². The summed E-state index contributed by atoms with van der Waals surface area (Å²) in [5.74, 6) is 1.16. The first-order chi connectivity index (χ1) is 13.3. The molecule has 0 atom stereocenters. The van der Waals surface area contributed by atoms with Gasteiger partial charge in [0.1, 0.15) is 11.5 Å². The molecule has 5 aromatic rings. The normalized spacial score (nSPS) is 12.0. The molecule has 2 nitrogen and oxygen atoms in total. The molecule has 5 aromatic carbocycles. The number of hydrogen-bond donors (Lipinski definition) is 1. The van der Waals surface area contributed by atoms with Crippen LogP contribution in [0.3, 0.4) is 0 Å². The van der Waals surface area contributed by atoms with Crippen LogP contribution in [0.1, 0.15) is 0 Å². The van der Waals surface area contributed by atoms with Crippen LogP contribution >= 0.6 is 0 Å². The van der Waals surface area contributed by atoms with Crippen molar-refractivity contribution in [2.75, 3.05) is 7.11 Å². The zero-order valence-corrected chi connectivity index (χ0v) is 14.8. The van der Waals surface area contributed by atoms with Gasteiger partial charge in [0, 0.05) is 27.6 Å². The van der Waals surface area contributed by atoms with E-state index in [0.29, 0.717) is 5.75 Å². The number of benzene rings is 5. The molecule has 2 heteroatoms. The van der Waals surface area contributed by atoms with Crippen LogP contribution in [0.2, 0.25) is 0 Å². The van der Waals surface area contributed by atoms with Gasteiger partial charge in [0.2, 0.25) is 0 Å². The molecule has 128 valence electrons. The number of fused-ring (bicyclic) bond motifs is 8. The molecule has 6 rings (SSSR count). The molecule has 0 aromatic heterocycles. The van der Waals surface area contributed by atoms with Gasteiger partial charge in [0.25, 0.3) is 0 Å². The van der Waals surface area contributed by atoms with Gasteiger partial charge in [0.15, 0.2) is 0 Å². The monoisotopic (exact) mass is 348 g/mol. The molecule has 1 N–H and O–H groups in total. The summed E-state index contributed by atoms with van der Waals surface area (Å²) in [6.07, 6.45) is 0. The van der Waals surface area contributed by atoms with E-state index in [4.69, 9.17) is 4.74 Å². The lowest BCUT2D eigenvalue weighted by Gasteiger charge is -2.14. The number of ether oxygens (including phenoxy) is 1. The van der Waals surface area contributed by atoms with E-state index < -0.39 is 0 Å². The van der Waals surface area contributed by atoms with E-state index >= 15 is 0 Å². The van der Waals surface area contributed by atoms with Gasteiger partial charge in [-0.1, -0.05) is 60.7 Å². The first-order valence-electron chi connectivity index (χ1n) is 9.06. The van der Waals surface area contributed by atoms with Crippen molar-refractivity contribution in [1.82, 2.24) is 0 Å². The molecule has 0 spiro atoms. The summed E-state index contributed by atoms with van der Waals surface area (Å²) < 4.78 is 5.75. The van der Waals surface area contributed by atoms with Crippen LogP contribution in [0.4, 0.5) is 0 Å². The van der Waals surface area contributed by atoms with Crippen molar-refractivity contribution >= 4 is 32.3 Å². The molecule has 0 fully saturated rings. The maximum absolute atomic E-state index is 10.8. The van der Waals surface area contributed by atoms with Gasteiger partial charge < -0.3 is 9.84 Å². The maximum Gasteiger partial charge on any atom is 0.127 e. The largest absolute Gasteiger partial charge is 0.507 e. The lowest BCUT2D eigenvalue weighted by Crippen LogP contribution is -1.89. The van der Waals surface area contributed by atoms with E-state index in [0.717, 1.165) is 44.2 Å². The van der Waals surface area contributed by atoms with Crippen LogP contribution in [-0.2, 0) is 0 Å². The van der Waals surface area contributed by atoms with Crippen molar-refractivity contribution < 1.29 is 9.84 Å². The van der Waals surface area contributed by atoms with E-state index in [1.165, 1.54) is 16.2 Å². The first-order valence-corrected chi connectivity index (χ1v) is 9.06. The van der Waals surface area contributed by atoms with Crippen molar-refractivity contribution in [3.05, 3.63) is 72.8 Å². The van der Waals surface area contributed by atoms with E-state index in [1.807, 2.05) is 12.1 Å². The Morgan fingerprint density at radius 1 is 0.593 bits per heavy atom. The van der Waals surface area contributed by atoms with Gasteiger partial charge in [-0.2, -0.15) is 0 Å². The Morgan fingerprint density at radius 3 is 1.78 bits per heavy atom. The van der Waals surface area contributed by atoms with Crippen molar-refractivity contribution in [3.63, 3.8) is 0 Å². The smallest absolute Gasteiger partial charge is 0.127 e. The molecule has 27 heavy (non-hydrogen) atoms. The van der Waals surface area contributed by atoms with Crippen molar-refractivity contribution in [3.8, 4) is 33.8 Å². The lowest BCUT2D eigenvalue weighted by molar-refractivity contribution is 0.417. The minimum Gasteiger partial charge on any atom is -0.507 e. The summed E-state index contributed by atoms with van der Waals surface area (Å²) in [7, 11) is 1.71. The second kappa shape index (κ2) is 5.01. The Kier molecular flexibility index (Phi) is 2.72. The summed E-state index contributed by atoms with van der Waals surface area (Å²) in [6, 6.07) is 24.8. The third-order valence-electron chi connectivity index (χ3n) is 5.78. The fourth-order valence-corrected chi connectivity index (χ4v) is 4.72. The average Bonchev–Trinajstić information content (AvgIpc) is 3.09. The molecule has 0 aliphatic heterocycles. The number of hydrogen-bond acceptors (Lipinski definition) is 2. The molecular weight excluding hydrogens is 332 g/mol. The lowest BCUT2D eigenvalue weighted by atomic mass is 9.90. The zero-order chi connectivity index (χ0) is 18.1. The van der Waals surface area contributed by atoms with Crippen molar-refractivity contribution in [2.45, 2.75) is 0 Å². The fraction of sp³-hybridized carbons (Fsp3) is 0.0400. The summed E-state index contributed by atoms with van der Waals surface area (Å²) in [5.41, 5.74) is 4.26. The molecule has 1 aliphatic rings. The van der Waals surface area contributed by atoms with Crippen LogP contribution in [0, 0.1) is 0 Å². The predicted octanol–water partition coefficient (Wildman–Crippen LogP) is 6.51. The molecule has 0 amide bonds. The maximum atomic E-state index is 10.8. The number of aromatic hydroxyl groups is 1. The van der Waals surface area contributed by atoms with Crippen molar-refractivity contribution in [1.29, 1.82) is 0 Å². The zero-order valence-electron chi connectivity index (χ0n) is 14.8. The quantitative estimate of drug-likeness (QED) is 0.343. The molecular formula is C25H16O2. The highest BCUT2D eigenvalue weighted by Crippen LogP contribution is 2.58. The van der Waals surface area contributed by atoms with E-state index in [2.05, 4.69) is 54.6 Å². The summed E-state index contributed by atoms with van der Waals surface area (Å²) in [4.78, 5) is 0. The van der Waals surface area contributed by atoms with Gasteiger partial charge >= 0.3 is 0 Å². The molecule has 0 heterocycles. The Morgan fingerprint density at radius 2 is 1.15 bits per heavy atom. The highest BCUT2D eigenvalue weighted by molar-refractivity contribution is 6.31. The highest BCUT2D eigenvalue weighted by atomic mass is 16.5. The van der Waals surface area contributed by atoms with Crippen molar-refractivity contribution in [2.24, 2.45) is 0 Å². The van der Waals surface area contributed by atoms with Crippen LogP contribution < -0.4 is 4.74 Å². The van der Waals surface area contributed by atoms with Crippen LogP contribution in [-0.4, -0.2) is 12.2 Å². The molecule has 0 unspecified atom stereocenters. The Labute approximate surface area is 156 Å². The van der Waals surface area contributed by atoms with E-state index in [-0.39, 0.29) is 0 Å². The van der Waals surface area contributed by atoms with Crippen LogP contribution in [0.15, 0.2) is 72.8 Å². The highest BCUT2D eigenvalue weighted by Gasteiger charge is 2.30. The molecule has 1 aliphatic carbocycles. The van der Waals surface area contributed by atoms with Gasteiger partial charge in [-0.25, -0.2) is 0 Å². The third kappa shape index (κ3) is 1.70. The second-order valence-corrected chi connectivity index (χ2v) is 7.04.